The number of benzene rings is 1. The molecule has 0 aliphatic rings. The number of methoxy groups -OCH3 is 1. The fourth-order valence-electron chi connectivity index (χ4n) is 2.30. The normalized spacial score (nSPS) is 12.2. The highest BCUT2D eigenvalue weighted by molar-refractivity contribution is 9.10. The maximum absolute atomic E-state index is 13.5. The van der Waals surface area contributed by atoms with Gasteiger partial charge in [-0.25, -0.2) is 9.37 Å². The van der Waals surface area contributed by atoms with Gasteiger partial charge in [-0.15, -0.1) is 0 Å². The van der Waals surface area contributed by atoms with Gasteiger partial charge in [0.15, 0.2) is 0 Å². The van der Waals surface area contributed by atoms with E-state index in [0.29, 0.717) is 12.3 Å². The molecule has 1 aromatic carbocycles. The van der Waals surface area contributed by atoms with Crippen LogP contribution in [0.4, 0.5) is 4.39 Å². The topological polar surface area (TPSA) is 34.2 Å². The third-order valence-corrected chi connectivity index (χ3v) is 4.03. The van der Waals surface area contributed by atoms with E-state index in [2.05, 4.69) is 26.2 Å². The highest BCUT2D eigenvalue weighted by Gasteiger charge is 2.18. The van der Waals surface area contributed by atoms with E-state index >= 15 is 0 Å². The van der Waals surface area contributed by atoms with Crippen molar-refractivity contribution in [2.75, 3.05) is 13.7 Å². The Kier molecular flexibility index (Phi) is 5.70. The third kappa shape index (κ3) is 4.02. The number of rotatable bonds is 6. The summed E-state index contributed by atoms with van der Waals surface area (Å²) in [5.41, 5.74) is 1.88. The summed E-state index contributed by atoms with van der Waals surface area (Å²) in [6.45, 7) is 2.84. The smallest absolute Gasteiger partial charge is 0.217 e. The van der Waals surface area contributed by atoms with E-state index in [1.165, 1.54) is 6.07 Å². The summed E-state index contributed by atoms with van der Waals surface area (Å²) >= 11 is 3.48. The second-order valence-corrected chi connectivity index (χ2v) is 5.51. The van der Waals surface area contributed by atoms with Crippen LogP contribution in [0.3, 0.4) is 0 Å². The van der Waals surface area contributed by atoms with E-state index < -0.39 is 0 Å². The second-order valence-electron chi connectivity index (χ2n) is 4.65. The van der Waals surface area contributed by atoms with Crippen molar-refractivity contribution in [2.45, 2.75) is 19.4 Å². The molecule has 0 aliphatic heterocycles. The Bertz CT molecular complexity index is 607. The predicted octanol–water partition coefficient (Wildman–Crippen LogP) is 3.89. The molecule has 112 valence electrons. The average Bonchev–Trinajstić information content (AvgIpc) is 2.50. The van der Waals surface area contributed by atoms with Gasteiger partial charge in [0.1, 0.15) is 5.82 Å². The van der Waals surface area contributed by atoms with Gasteiger partial charge < -0.3 is 10.1 Å². The standard InChI is InChI=1S/C16H18BrFN2O/c1-3-19-15(13-5-4-8-20-16(13)21-2)10-11-9-12(18)6-7-14(11)17/h4-9,15,19H,3,10H2,1-2H3. The quantitative estimate of drug-likeness (QED) is 0.856. The SMILES string of the molecule is CCNC(Cc1cc(F)ccc1Br)c1cccnc1OC. The number of hydrogen-bond acceptors (Lipinski definition) is 3. The predicted molar refractivity (Wildman–Crippen MR) is 85.0 cm³/mol. The van der Waals surface area contributed by atoms with Crippen LogP contribution >= 0.6 is 15.9 Å². The minimum atomic E-state index is -0.235. The molecular weight excluding hydrogens is 335 g/mol. The molecule has 0 spiro atoms. The van der Waals surface area contributed by atoms with Crippen LogP contribution in [0.15, 0.2) is 41.0 Å². The molecule has 0 fully saturated rings. The van der Waals surface area contributed by atoms with Crippen molar-refractivity contribution in [3.05, 3.63) is 57.9 Å². The monoisotopic (exact) mass is 352 g/mol. The zero-order valence-corrected chi connectivity index (χ0v) is 13.7. The Morgan fingerprint density at radius 2 is 2.19 bits per heavy atom. The van der Waals surface area contributed by atoms with Crippen LogP contribution in [0.2, 0.25) is 0 Å². The minimum absolute atomic E-state index is 0.0109. The molecule has 2 aromatic rings. The number of hydrogen-bond donors (Lipinski definition) is 1. The maximum atomic E-state index is 13.5. The van der Waals surface area contributed by atoms with Crippen molar-refractivity contribution in [1.82, 2.24) is 10.3 Å². The van der Waals surface area contributed by atoms with Crippen molar-refractivity contribution in [1.29, 1.82) is 0 Å². The number of nitrogens with one attached hydrogen (secondary N) is 1. The molecule has 0 aliphatic carbocycles. The first-order chi connectivity index (χ1) is 10.2. The van der Waals surface area contributed by atoms with Crippen LogP contribution in [0.5, 0.6) is 5.88 Å². The molecule has 0 saturated heterocycles. The van der Waals surface area contributed by atoms with Gasteiger partial charge >= 0.3 is 0 Å². The van der Waals surface area contributed by atoms with E-state index in [9.17, 15) is 4.39 Å². The number of pyridine rings is 1. The van der Waals surface area contributed by atoms with Crippen molar-refractivity contribution in [3.8, 4) is 5.88 Å². The summed E-state index contributed by atoms with van der Waals surface area (Å²) in [6, 6.07) is 8.60. The van der Waals surface area contributed by atoms with Crippen LogP contribution in [0.25, 0.3) is 0 Å². The van der Waals surface area contributed by atoms with Gasteiger partial charge in [-0.1, -0.05) is 28.9 Å². The van der Waals surface area contributed by atoms with Gasteiger partial charge in [0.25, 0.3) is 0 Å². The van der Waals surface area contributed by atoms with Crippen LogP contribution in [0.1, 0.15) is 24.1 Å². The van der Waals surface area contributed by atoms with Gasteiger partial charge in [-0.2, -0.15) is 0 Å². The first-order valence-corrected chi connectivity index (χ1v) is 7.61. The van der Waals surface area contributed by atoms with Crippen molar-refractivity contribution in [3.63, 3.8) is 0 Å². The molecule has 1 unspecified atom stereocenters. The maximum Gasteiger partial charge on any atom is 0.217 e. The molecule has 3 nitrogen and oxygen atoms in total. The molecule has 2 rings (SSSR count). The molecule has 0 amide bonds. The summed E-state index contributed by atoms with van der Waals surface area (Å²) in [6.07, 6.45) is 2.34. The first kappa shape index (κ1) is 15.9. The molecule has 21 heavy (non-hydrogen) atoms. The molecule has 5 heteroatoms. The van der Waals surface area contributed by atoms with E-state index in [0.717, 1.165) is 22.1 Å². The molecule has 1 atom stereocenters. The summed E-state index contributed by atoms with van der Waals surface area (Å²) < 4.78 is 19.7. The number of ether oxygens (including phenoxy) is 1. The van der Waals surface area contributed by atoms with Crippen LogP contribution in [-0.2, 0) is 6.42 Å². The fourth-order valence-corrected chi connectivity index (χ4v) is 2.71. The van der Waals surface area contributed by atoms with Crippen LogP contribution in [0, 0.1) is 5.82 Å². The number of likely N-dealkylation sites (N-methyl/N-ethyl adjacent to an activating group) is 1. The Hall–Kier alpha value is -1.46. The van der Waals surface area contributed by atoms with Gasteiger partial charge in [-0.05, 0) is 42.8 Å². The molecule has 1 N–H and O–H groups in total. The molecule has 0 bridgehead atoms. The summed E-state index contributed by atoms with van der Waals surface area (Å²) in [7, 11) is 1.60. The molecular formula is C16H18BrFN2O. The van der Waals surface area contributed by atoms with E-state index in [-0.39, 0.29) is 11.9 Å². The van der Waals surface area contributed by atoms with Gasteiger partial charge in [-0.3, -0.25) is 0 Å². The zero-order chi connectivity index (χ0) is 15.2. The van der Waals surface area contributed by atoms with E-state index in [1.807, 2.05) is 19.1 Å². The number of halogens is 2. The Morgan fingerprint density at radius 3 is 2.90 bits per heavy atom. The van der Waals surface area contributed by atoms with Crippen LogP contribution < -0.4 is 10.1 Å². The highest BCUT2D eigenvalue weighted by atomic mass is 79.9. The van der Waals surface area contributed by atoms with Crippen molar-refractivity contribution >= 4 is 15.9 Å². The lowest BCUT2D eigenvalue weighted by Gasteiger charge is -2.20. The summed E-state index contributed by atoms with van der Waals surface area (Å²) in [5, 5.41) is 3.41. The highest BCUT2D eigenvalue weighted by Crippen LogP contribution is 2.28. The lowest BCUT2D eigenvalue weighted by atomic mass is 9.99. The Labute approximate surface area is 132 Å². The van der Waals surface area contributed by atoms with Gasteiger partial charge in [0.05, 0.1) is 7.11 Å². The lowest BCUT2D eigenvalue weighted by molar-refractivity contribution is 0.382. The molecule has 0 radical (unpaired) electrons. The molecule has 0 saturated carbocycles. The zero-order valence-electron chi connectivity index (χ0n) is 12.1. The Balaban J connectivity index is 2.33. The second kappa shape index (κ2) is 7.52. The van der Waals surface area contributed by atoms with Crippen LogP contribution in [-0.4, -0.2) is 18.6 Å². The molecule has 1 heterocycles. The third-order valence-electron chi connectivity index (χ3n) is 3.25. The van der Waals surface area contributed by atoms with Crippen molar-refractivity contribution < 1.29 is 9.13 Å². The van der Waals surface area contributed by atoms with E-state index in [4.69, 9.17) is 4.74 Å². The minimum Gasteiger partial charge on any atom is -0.481 e. The summed E-state index contributed by atoms with van der Waals surface area (Å²) in [4.78, 5) is 4.23. The molecule has 1 aromatic heterocycles. The van der Waals surface area contributed by atoms with Gasteiger partial charge in [0, 0.05) is 22.3 Å². The fraction of sp³-hybridized carbons (Fsp3) is 0.312. The lowest BCUT2D eigenvalue weighted by Crippen LogP contribution is -2.24. The number of aromatic nitrogens is 1. The number of nitrogens with zero attached hydrogens (tertiary/aromatic N) is 1. The summed E-state index contributed by atoms with van der Waals surface area (Å²) in [5.74, 6) is 0.359. The average molecular weight is 353 g/mol. The van der Waals surface area contributed by atoms with Gasteiger partial charge in [0.2, 0.25) is 5.88 Å². The first-order valence-electron chi connectivity index (χ1n) is 6.82. The Morgan fingerprint density at radius 1 is 1.38 bits per heavy atom. The van der Waals surface area contributed by atoms with E-state index in [1.54, 1.807) is 25.4 Å². The largest absolute Gasteiger partial charge is 0.481 e. The van der Waals surface area contributed by atoms with Crippen molar-refractivity contribution in [2.24, 2.45) is 0 Å².